The van der Waals surface area contributed by atoms with Crippen LogP contribution in [0.25, 0.3) is 6.08 Å². The van der Waals surface area contributed by atoms with Gasteiger partial charge in [0.15, 0.2) is 6.61 Å². The van der Waals surface area contributed by atoms with Crippen molar-refractivity contribution in [2.24, 2.45) is 5.14 Å². The highest BCUT2D eigenvalue weighted by Crippen LogP contribution is 2.18. The number of nitrogens with one attached hydrogen (secondary N) is 2. The fourth-order valence-electron chi connectivity index (χ4n) is 2.43. The highest BCUT2D eigenvalue weighted by atomic mass is 32.2. The summed E-state index contributed by atoms with van der Waals surface area (Å²) in [5.41, 5.74) is 2.24. The molecule has 0 fully saturated rings. The highest BCUT2D eigenvalue weighted by molar-refractivity contribution is 7.92. The first-order valence-electron chi connectivity index (χ1n) is 9.19. The second-order valence-corrected chi connectivity index (χ2v) is 9.99. The van der Waals surface area contributed by atoms with Gasteiger partial charge in [0.1, 0.15) is 6.54 Å². The van der Waals surface area contributed by atoms with Crippen molar-refractivity contribution in [2.75, 3.05) is 18.5 Å². The zero-order valence-electron chi connectivity index (χ0n) is 17.4. The number of sulfonamides is 2. The van der Waals surface area contributed by atoms with E-state index in [2.05, 4.69) is 5.32 Å². The molecule has 0 heterocycles. The largest absolute Gasteiger partial charge is 0.455 e. The molecule has 0 aromatic heterocycles. The van der Waals surface area contributed by atoms with Gasteiger partial charge in [-0.2, -0.15) is 0 Å². The van der Waals surface area contributed by atoms with Crippen molar-refractivity contribution in [3.05, 3.63) is 64.6 Å². The third kappa shape index (κ3) is 8.23. The van der Waals surface area contributed by atoms with Crippen LogP contribution >= 0.6 is 0 Å². The maximum absolute atomic E-state index is 12.0. The quantitative estimate of drug-likeness (QED) is 0.450. The van der Waals surface area contributed by atoms with Gasteiger partial charge in [-0.15, -0.1) is 0 Å². The Morgan fingerprint density at radius 3 is 2.31 bits per heavy atom. The van der Waals surface area contributed by atoms with Crippen molar-refractivity contribution >= 4 is 43.7 Å². The van der Waals surface area contributed by atoms with Crippen LogP contribution in [0.4, 0.5) is 5.69 Å². The van der Waals surface area contributed by atoms with Crippen LogP contribution in [-0.2, 0) is 34.4 Å². The van der Waals surface area contributed by atoms with Crippen molar-refractivity contribution in [3.63, 3.8) is 0 Å². The second-order valence-electron chi connectivity index (χ2n) is 6.81. The van der Waals surface area contributed by atoms with Gasteiger partial charge in [-0.3, -0.25) is 9.59 Å². The van der Waals surface area contributed by atoms with Gasteiger partial charge in [-0.1, -0.05) is 35.9 Å². The van der Waals surface area contributed by atoms with E-state index in [1.54, 1.807) is 19.1 Å². The molecular weight excluding hydrogens is 458 g/mol. The monoisotopic (exact) mass is 481 g/mol. The molecule has 0 spiro atoms. The predicted octanol–water partition coefficient (Wildman–Crippen LogP) is 1.02. The summed E-state index contributed by atoms with van der Waals surface area (Å²) in [4.78, 5) is 23.5. The number of carbonyl (C=O) groups is 2. The zero-order chi connectivity index (χ0) is 23.9. The van der Waals surface area contributed by atoms with E-state index in [1.165, 1.54) is 24.3 Å². The summed E-state index contributed by atoms with van der Waals surface area (Å²) in [6.07, 6.45) is 1.37. The van der Waals surface area contributed by atoms with Gasteiger partial charge in [0.25, 0.3) is 5.91 Å². The lowest BCUT2D eigenvalue weighted by Crippen LogP contribution is -2.31. The lowest BCUT2D eigenvalue weighted by atomic mass is 10.2. The minimum Gasteiger partial charge on any atom is -0.455 e. The minimum atomic E-state index is -3.97. The van der Waals surface area contributed by atoms with Crippen LogP contribution in [0.5, 0.6) is 0 Å². The highest BCUT2D eigenvalue weighted by Gasteiger charge is 2.15. The molecule has 4 N–H and O–H groups in total. The number of amides is 1. The van der Waals surface area contributed by atoms with E-state index in [9.17, 15) is 26.4 Å². The van der Waals surface area contributed by atoms with Gasteiger partial charge >= 0.3 is 5.97 Å². The van der Waals surface area contributed by atoms with Gasteiger partial charge < -0.3 is 10.1 Å². The van der Waals surface area contributed by atoms with E-state index in [-0.39, 0.29) is 10.6 Å². The molecule has 0 radical (unpaired) electrons. The van der Waals surface area contributed by atoms with Crippen LogP contribution in [0, 0.1) is 13.8 Å². The van der Waals surface area contributed by atoms with Crippen molar-refractivity contribution in [3.8, 4) is 0 Å². The fourth-order valence-corrected chi connectivity index (χ4v) is 3.99. The van der Waals surface area contributed by atoms with Gasteiger partial charge in [0, 0.05) is 11.1 Å². The Balaban J connectivity index is 1.83. The summed E-state index contributed by atoms with van der Waals surface area (Å²) in [7, 11) is -7.87. The first-order valence-corrected chi connectivity index (χ1v) is 12.3. The average molecular weight is 482 g/mol. The molecule has 2 rings (SSSR count). The summed E-state index contributed by atoms with van der Waals surface area (Å²) in [6.45, 7) is 2.08. The Kier molecular flexibility index (Phi) is 8.27. The number of ether oxygens (including phenoxy) is 1. The molecule has 12 heteroatoms. The number of primary sulfonamides is 1. The fraction of sp³-hybridized carbons (Fsp3) is 0.200. The van der Waals surface area contributed by atoms with Crippen LogP contribution in [-0.4, -0.2) is 41.9 Å². The molecule has 0 aliphatic heterocycles. The summed E-state index contributed by atoms with van der Waals surface area (Å²) in [5.74, 6) is -1.72. The van der Waals surface area contributed by atoms with Gasteiger partial charge in [0.05, 0.1) is 4.90 Å². The van der Waals surface area contributed by atoms with Gasteiger partial charge in [0.2, 0.25) is 20.0 Å². The second kappa shape index (κ2) is 10.5. The van der Waals surface area contributed by atoms with E-state index in [4.69, 9.17) is 9.88 Å². The Labute approximate surface area is 186 Å². The smallest absolute Gasteiger partial charge is 0.321 e. The molecule has 0 aliphatic carbocycles. The molecule has 0 unspecified atom stereocenters. The molecule has 2 aromatic rings. The summed E-state index contributed by atoms with van der Waals surface area (Å²) >= 11 is 0. The van der Waals surface area contributed by atoms with E-state index in [0.717, 1.165) is 11.0 Å². The molecule has 0 aliphatic rings. The third-order valence-corrected chi connectivity index (χ3v) is 6.17. The van der Waals surface area contributed by atoms with Crippen LogP contribution < -0.4 is 15.2 Å². The van der Waals surface area contributed by atoms with E-state index < -0.39 is 45.1 Å². The Morgan fingerprint density at radius 2 is 1.69 bits per heavy atom. The van der Waals surface area contributed by atoms with E-state index in [1.807, 2.05) is 23.8 Å². The molecule has 1 amide bonds. The molecule has 10 nitrogen and oxygen atoms in total. The number of nitrogens with two attached hydrogens (primary N) is 1. The molecule has 0 saturated heterocycles. The van der Waals surface area contributed by atoms with Gasteiger partial charge in [-0.25, -0.2) is 26.7 Å². The molecule has 172 valence electrons. The van der Waals surface area contributed by atoms with E-state index in [0.29, 0.717) is 11.1 Å². The lowest BCUT2D eigenvalue weighted by Gasteiger charge is -2.09. The number of esters is 1. The van der Waals surface area contributed by atoms with Crippen LogP contribution in [0.2, 0.25) is 0 Å². The standard InChI is InChI=1S/C20H23N3O7S2/c1-14-3-6-16(7-4-14)9-10-31(26,27)22-12-20(25)30-13-19(24)23-17-8-5-15(2)18(11-17)32(21,28)29/h3-11,22H,12-13H2,1-2H3,(H,23,24)(H2,21,28,29)/b10-9+. The molecule has 0 atom stereocenters. The number of aryl methyl sites for hydroxylation is 2. The Hall–Kier alpha value is -3.06. The van der Waals surface area contributed by atoms with Crippen molar-refractivity contribution in [2.45, 2.75) is 18.7 Å². The first-order chi connectivity index (χ1) is 14.9. The SMILES string of the molecule is Cc1ccc(/C=C/S(=O)(=O)NCC(=O)OCC(=O)Nc2ccc(C)c(S(N)(=O)=O)c2)cc1. The van der Waals surface area contributed by atoms with Crippen molar-refractivity contribution < 1.29 is 31.2 Å². The number of hydrogen-bond donors (Lipinski definition) is 3. The number of benzene rings is 2. The Bertz CT molecular complexity index is 1240. The van der Waals surface area contributed by atoms with Crippen LogP contribution in [0.3, 0.4) is 0 Å². The minimum absolute atomic E-state index is 0.141. The molecule has 0 saturated carbocycles. The van der Waals surface area contributed by atoms with Crippen LogP contribution in [0.1, 0.15) is 16.7 Å². The summed E-state index contributed by atoms with van der Waals surface area (Å²) in [6, 6.07) is 11.2. The number of rotatable bonds is 9. The molecule has 32 heavy (non-hydrogen) atoms. The average Bonchev–Trinajstić information content (AvgIpc) is 2.71. The van der Waals surface area contributed by atoms with Gasteiger partial charge in [-0.05, 0) is 43.2 Å². The zero-order valence-corrected chi connectivity index (χ0v) is 19.0. The lowest BCUT2D eigenvalue weighted by molar-refractivity contribution is -0.146. The predicted molar refractivity (Wildman–Crippen MR) is 119 cm³/mol. The maximum Gasteiger partial charge on any atom is 0.321 e. The van der Waals surface area contributed by atoms with E-state index >= 15 is 0 Å². The molecule has 0 bridgehead atoms. The summed E-state index contributed by atoms with van der Waals surface area (Å²) < 4.78 is 53.7. The molecular formula is C20H23N3O7S2. The first kappa shape index (κ1) is 25.2. The summed E-state index contributed by atoms with van der Waals surface area (Å²) in [5, 5.41) is 8.39. The maximum atomic E-state index is 12.0. The Morgan fingerprint density at radius 1 is 1.03 bits per heavy atom. The number of hydrogen-bond acceptors (Lipinski definition) is 7. The molecule has 2 aromatic carbocycles. The van der Waals surface area contributed by atoms with Crippen LogP contribution in [0.15, 0.2) is 52.8 Å². The van der Waals surface area contributed by atoms with Crippen molar-refractivity contribution in [1.29, 1.82) is 0 Å². The topological polar surface area (TPSA) is 162 Å². The number of carbonyl (C=O) groups excluding carboxylic acids is 2. The number of anilines is 1. The third-order valence-electron chi connectivity index (χ3n) is 4.08. The normalized spacial score (nSPS) is 12.0. The van der Waals surface area contributed by atoms with Crippen molar-refractivity contribution in [1.82, 2.24) is 4.72 Å².